The second-order valence-corrected chi connectivity index (χ2v) is 13.9. The highest BCUT2D eigenvalue weighted by Gasteiger charge is 2.17. The first-order valence-electron chi connectivity index (χ1n) is 18.6. The van der Waals surface area contributed by atoms with E-state index in [1.54, 1.807) is 12.4 Å². The van der Waals surface area contributed by atoms with Gasteiger partial charge in [0.2, 0.25) is 0 Å². The molecule has 0 unspecified atom stereocenters. The minimum absolute atomic E-state index is 0.583. The maximum Gasteiger partial charge on any atom is 0.164 e. The number of hydrogen-bond acceptors (Lipinski definition) is 5. The second-order valence-electron chi connectivity index (χ2n) is 13.9. The molecule has 7 aromatic carbocycles. The Balaban J connectivity index is 1.03. The molecule has 0 N–H and O–H groups in total. The first-order chi connectivity index (χ1) is 27.7. The van der Waals surface area contributed by atoms with E-state index in [9.17, 15) is 0 Å². The van der Waals surface area contributed by atoms with Gasteiger partial charge in [0.05, 0.1) is 17.2 Å². The van der Waals surface area contributed by atoms with Crippen LogP contribution in [0.5, 0.6) is 0 Å². The van der Waals surface area contributed by atoms with Gasteiger partial charge in [-0.25, -0.2) is 15.0 Å². The third-order valence-corrected chi connectivity index (χ3v) is 10.6. The molecule has 56 heavy (non-hydrogen) atoms. The fourth-order valence-corrected chi connectivity index (χ4v) is 7.82. The average Bonchev–Trinajstić information content (AvgIpc) is 3.82. The van der Waals surface area contributed by atoms with Gasteiger partial charge in [-0.2, -0.15) is 0 Å². The Labute approximate surface area is 322 Å². The minimum atomic E-state index is 0.583. The fourth-order valence-electron chi connectivity index (χ4n) is 7.82. The SMILES string of the molecule is c1ccc(-c2ccc(-c3cccc(-c4nc(-c5ccc(-n6c7ccccc7c7ccccc76)cc5)nc(-c5ccc6oc7cnccc7c6c5)n4)c3)cc2)cc1. The average molecular weight is 718 g/mol. The molecular weight excluding hydrogens is 687 g/mol. The summed E-state index contributed by atoms with van der Waals surface area (Å²) in [6.07, 6.45) is 3.54. The highest BCUT2D eigenvalue weighted by Crippen LogP contribution is 2.35. The molecule has 0 spiro atoms. The molecule has 0 atom stereocenters. The number of para-hydroxylation sites is 2. The molecule has 6 heteroatoms. The van der Waals surface area contributed by atoms with E-state index in [-0.39, 0.29) is 0 Å². The van der Waals surface area contributed by atoms with Gasteiger partial charge >= 0.3 is 0 Å². The van der Waals surface area contributed by atoms with Crippen LogP contribution >= 0.6 is 0 Å². The maximum absolute atomic E-state index is 6.09. The van der Waals surface area contributed by atoms with E-state index in [1.807, 2.05) is 24.3 Å². The van der Waals surface area contributed by atoms with Gasteiger partial charge < -0.3 is 8.98 Å². The fraction of sp³-hybridized carbons (Fsp3) is 0. The Kier molecular flexibility index (Phi) is 7.38. The Morgan fingerprint density at radius 2 is 0.893 bits per heavy atom. The van der Waals surface area contributed by atoms with Crippen LogP contribution in [0.1, 0.15) is 0 Å². The van der Waals surface area contributed by atoms with Crippen LogP contribution in [-0.4, -0.2) is 24.5 Å². The predicted molar refractivity (Wildman–Crippen MR) is 226 cm³/mol. The molecule has 0 aliphatic heterocycles. The molecule has 4 heterocycles. The lowest BCUT2D eigenvalue weighted by Gasteiger charge is -2.11. The summed E-state index contributed by atoms with van der Waals surface area (Å²) in [4.78, 5) is 19.6. The van der Waals surface area contributed by atoms with Gasteiger partial charge in [0.15, 0.2) is 23.1 Å². The molecule has 0 aliphatic carbocycles. The van der Waals surface area contributed by atoms with Gasteiger partial charge in [0, 0.05) is 50.1 Å². The summed E-state index contributed by atoms with van der Waals surface area (Å²) in [6.45, 7) is 0. The highest BCUT2D eigenvalue weighted by atomic mass is 16.3. The lowest BCUT2D eigenvalue weighted by atomic mass is 9.99. The first-order valence-corrected chi connectivity index (χ1v) is 18.6. The van der Waals surface area contributed by atoms with Crippen molar-refractivity contribution in [2.45, 2.75) is 0 Å². The quantitative estimate of drug-likeness (QED) is 0.171. The molecule has 262 valence electrons. The molecule has 4 aromatic heterocycles. The Hall–Kier alpha value is -7.70. The summed E-state index contributed by atoms with van der Waals surface area (Å²) < 4.78 is 8.41. The third-order valence-electron chi connectivity index (χ3n) is 10.6. The van der Waals surface area contributed by atoms with E-state index in [0.29, 0.717) is 17.5 Å². The molecular formula is C50H31N5O. The van der Waals surface area contributed by atoms with E-state index < -0.39 is 0 Å². The van der Waals surface area contributed by atoms with E-state index in [4.69, 9.17) is 19.4 Å². The topological polar surface area (TPSA) is 69.6 Å². The van der Waals surface area contributed by atoms with Crippen molar-refractivity contribution >= 4 is 43.7 Å². The summed E-state index contributed by atoms with van der Waals surface area (Å²) in [7, 11) is 0. The van der Waals surface area contributed by atoms with Crippen LogP contribution < -0.4 is 0 Å². The second kappa shape index (κ2) is 13.0. The Morgan fingerprint density at radius 3 is 1.61 bits per heavy atom. The van der Waals surface area contributed by atoms with Crippen molar-refractivity contribution in [3.05, 3.63) is 188 Å². The lowest BCUT2D eigenvalue weighted by molar-refractivity contribution is 0.667. The molecule has 11 aromatic rings. The summed E-state index contributed by atoms with van der Waals surface area (Å²) in [5, 5.41) is 4.44. The smallest absolute Gasteiger partial charge is 0.164 e. The van der Waals surface area contributed by atoms with E-state index in [1.165, 1.54) is 32.9 Å². The van der Waals surface area contributed by atoms with Crippen LogP contribution in [0.3, 0.4) is 0 Å². The number of benzene rings is 7. The van der Waals surface area contributed by atoms with Crippen molar-refractivity contribution in [1.82, 2.24) is 24.5 Å². The third kappa shape index (κ3) is 5.43. The van der Waals surface area contributed by atoms with E-state index >= 15 is 0 Å². The predicted octanol–water partition coefficient (Wildman–Crippen LogP) is 12.6. The number of nitrogens with zero attached hydrogens (tertiary/aromatic N) is 5. The molecule has 6 nitrogen and oxygen atoms in total. The van der Waals surface area contributed by atoms with Crippen LogP contribution in [0, 0.1) is 0 Å². The maximum atomic E-state index is 6.09. The van der Waals surface area contributed by atoms with Crippen LogP contribution in [-0.2, 0) is 0 Å². The molecule has 0 saturated heterocycles. The molecule has 0 amide bonds. The van der Waals surface area contributed by atoms with Crippen LogP contribution in [0.2, 0.25) is 0 Å². The molecule has 0 radical (unpaired) electrons. The van der Waals surface area contributed by atoms with Gasteiger partial charge in [-0.15, -0.1) is 0 Å². The van der Waals surface area contributed by atoms with Gasteiger partial charge in [-0.3, -0.25) is 4.98 Å². The molecule has 0 fully saturated rings. The number of hydrogen-bond donors (Lipinski definition) is 0. The number of pyridine rings is 1. The van der Waals surface area contributed by atoms with Crippen LogP contribution in [0.15, 0.2) is 193 Å². The van der Waals surface area contributed by atoms with Crippen molar-refractivity contribution < 1.29 is 4.42 Å². The minimum Gasteiger partial charge on any atom is -0.454 e. The van der Waals surface area contributed by atoms with Crippen LogP contribution in [0.4, 0.5) is 0 Å². The molecule has 11 rings (SSSR count). The number of furan rings is 1. The molecule has 0 saturated carbocycles. The normalized spacial score (nSPS) is 11.6. The highest BCUT2D eigenvalue weighted by molar-refractivity contribution is 6.09. The summed E-state index contributed by atoms with van der Waals surface area (Å²) in [5.41, 5.74) is 12.2. The van der Waals surface area contributed by atoms with Crippen LogP contribution in [0.25, 0.3) is 106 Å². The van der Waals surface area contributed by atoms with E-state index in [0.717, 1.165) is 55.4 Å². The molecule has 0 aliphatic rings. The van der Waals surface area contributed by atoms with Crippen molar-refractivity contribution in [3.8, 4) is 62.1 Å². The van der Waals surface area contributed by atoms with Gasteiger partial charge in [-0.1, -0.05) is 109 Å². The van der Waals surface area contributed by atoms with E-state index in [2.05, 4.69) is 161 Å². The largest absolute Gasteiger partial charge is 0.454 e. The number of aromatic nitrogens is 5. The monoisotopic (exact) mass is 717 g/mol. The zero-order chi connectivity index (χ0) is 37.0. The standard InChI is InChI=1S/C50H31N5O/c1-2-9-32(10-3-1)33-17-19-34(20-18-33)36-11-8-12-37(29-36)49-52-48(53-50(54-49)38-23-26-46-43(30-38)42-27-28-51-31-47(42)56-46)35-21-24-39(25-22-35)55-44-15-6-4-13-40(44)41-14-5-7-16-45(41)55/h1-31H. The summed E-state index contributed by atoms with van der Waals surface area (Å²) >= 11 is 0. The van der Waals surface area contributed by atoms with Crippen molar-refractivity contribution in [3.63, 3.8) is 0 Å². The molecule has 0 bridgehead atoms. The Bertz CT molecular complexity index is 3180. The summed E-state index contributed by atoms with van der Waals surface area (Å²) in [6, 6.07) is 61.2. The first kappa shape index (κ1) is 31.8. The zero-order valence-electron chi connectivity index (χ0n) is 30.0. The van der Waals surface area contributed by atoms with Gasteiger partial charge in [0.25, 0.3) is 0 Å². The zero-order valence-corrected chi connectivity index (χ0v) is 30.0. The Morgan fingerprint density at radius 1 is 0.357 bits per heavy atom. The number of rotatable bonds is 6. The van der Waals surface area contributed by atoms with Gasteiger partial charge in [-0.05, 0) is 89.0 Å². The van der Waals surface area contributed by atoms with Crippen molar-refractivity contribution in [2.24, 2.45) is 0 Å². The van der Waals surface area contributed by atoms with Crippen molar-refractivity contribution in [2.75, 3.05) is 0 Å². The van der Waals surface area contributed by atoms with Gasteiger partial charge in [0.1, 0.15) is 5.58 Å². The number of fused-ring (bicyclic) bond motifs is 6. The van der Waals surface area contributed by atoms with Crippen molar-refractivity contribution in [1.29, 1.82) is 0 Å². The lowest BCUT2D eigenvalue weighted by Crippen LogP contribution is -2.01. The summed E-state index contributed by atoms with van der Waals surface area (Å²) in [5.74, 6) is 1.78.